The first-order valence-electron chi connectivity index (χ1n) is 5.41. The highest BCUT2D eigenvalue weighted by Gasteiger charge is 2.23. The lowest BCUT2D eigenvalue weighted by molar-refractivity contribution is 0.0494. The van der Waals surface area contributed by atoms with Gasteiger partial charge in [-0.25, -0.2) is 0 Å². The molecule has 4 heteroatoms. The third-order valence-electron chi connectivity index (χ3n) is 2.91. The summed E-state index contributed by atoms with van der Waals surface area (Å²) in [7, 11) is 1.68. The van der Waals surface area contributed by atoms with Crippen molar-refractivity contribution in [2.45, 2.75) is 31.7 Å². The summed E-state index contributed by atoms with van der Waals surface area (Å²) >= 11 is 0. The molecule has 0 heterocycles. The van der Waals surface area contributed by atoms with Crippen molar-refractivity contribution >= 4 is 0 Å². The summed E-state index contributed by atoms with van der Waals surface area (Å²) in [5.74, 6) is 6.20. The second-order valence-corrected chi connectivity index (χ2v) is 3.89. The van der Waals surface area contributed by atoms with Crippen LogP contribution in [0, 0.1) is 5.92 Å². The Hall–Kier alpha value is -0.160. The molecule has 0 amide bonds. The first-order chi connectivity index (χ1) is 6.88. The van der Waals surface area contributed by atoms with Crippen molar-refractivity contribution in [3.05, 3.63) is 0 Å². The van der Waals surface area contributed by atoms with E-state index in [0.717, 1.165) is 0 Å². The van der Waals surface area contributed by atoms with Crippen molar-refractivity contribution in [2.24, 2.45) is 11.8 Å². The third-order valence-corrected chi connectivity index (χ3v) is 2.91. The molecule has 0 aromatic rings. The van der Waals surface area contributed by atoms with Crippen molar-refractivity contribution in [2.75, 3.05) is 26.9 Å². The predicted octanol–water partition coefficient (Wildman–Crippen LogP) is 0.671. The van der Waals surface area contributed by atoms with Gasteiger partial charge in [0.1, 0.15) is 0 Å². The highest BCUT2D eigenvalue weighted by atomic mass is 16.5. The van der Waals surface area contributed by atoms with E-state index in [1.807, 2.05) is 0 Å². The van der Waals surface area contributed by atoms with Gasteiger partial charge in [-0.2, -0.15) is 0 Å². The molecule has 0 aromatic carbocycles. The van der Waals surface area contributed by atoms with Gasteiger partial charge in [-0.1, -0.05) is 12.8 Å². The smallest absolute Gasteiger partial charge is 0.0701 e. The van der Waals surface area contributed by atoms with Crippen LogP contribution in [0.15, 0.2) is 0 Å². The Kier molecular flexibility index (Phi) is 6.10. The average molecular weight is 202 g/mol. The van der Waals surface area contributed by atoms with E-state index in [0.29, 0.717) is 31.8 Å². The van der Waals surface area contributed by atoms with E-state index in [2.05, 4.69) is 5.43 Å². The molecule has 1 unspecified atom stereocenters. The van der Waals surface area contributed by atoms with Gasteiger partial charge in [0.15, 0.2) is 0 Å². The number of hydrazine groups is 1. The van der Waals surface area contributed by atoms with Gasteiger partial charge in [0.05, 0.1) is 19.8 Å². The highest BCUT2D eigenvalue weighted by Crippen LogP contribution is 2.27. The maximum absolute atomic E-state index is 5.51. The quantitative estimate of drug-likeness (QED) is 0.362. The van der Waals surface area contributed by atoms with Crippen molar-refractivity contribution in [3.63, 3.8) is 0 Å². The first-order valence-corrected chi connectivity index (χ1v) is 5.41. The molecule has 3 N–H and O–H groups in total. The molecule has 4 nitrogen and oxygen atoms in total. The van der Waals surface area contributed by atoms with Gasteiger partial charge in [-0.05, 0) is 18.8 Å². The largest absolute Gasteiger partial charge is 0.382 e. The van der Waals surface area contributed by atoms with Crippen molar-refractivity contribution < 1.29 is 9.47 Å². The molecule has 1 saturated carbocycles. The molecule has 0 aromatic heterocycles. The van der Waals surface area contributed by atoms with Crippen molar-refractivity contribution in [1.29, 1.82) is 0 Å². The zero-order valence-corrected chi connectivity index (χ0v) is 9.00. The number of ether oxygens (including phenoxy) is 2. The Bertz CT molecular complexity index is 138. The zero-order chi connectivity index (χ0) is 10.2. The average Bonchev–Trinajstić information content (AvgIpc) is 2.71. The molecule has 1 aliphatic carbocycles. The number of hydrogen-bond acceptors (Lipinski definition) is 4. The predicted molar refractivity (Wildman–Crippen MR) is 55.8 cm³/mol. The normalized spacial score (nSPS) is 20.1. The van der Waals surface area contributed by atoms with Crippen LogP contribution in [-0.2, 0) is 9.47 Å². The monoisotopic (exact) mass is 202 g/mol. The Morgan fingerprint density at radius 1 is 1.36 bits per heavy atom. The van der Waals surface area contributed by atoms with Gasteiger partial charge in [-0.15, -0.1) is 0 Å². The Morgan fingerprint density at radius 2 is 2.07 bits per heavy atom. The standard InChI is InChI=1S/C10H22N2O2/c1-13-6-7-14-8-10(12-11)9-4-2-3-5-9/h9-10,12H,2-8,11H2,1H3. The molecule has 84 valence electrons. The van der Waals surface area contributed by atoms with Gasteiger partial charge in [0.25, 0.3) is 0 Å². The van der Waals surface area contributed by atoms with E-state index >= 15 is 0 Å². The van der Waals surface area contributed by atoms with Crippen LogP contribution >= 0.6 is 0 Å². The number of hydrogen-bond donors (Lipinski definition) is 2. The maximum atomic E-state index is 5.51. The molecule has 0 saturated heterocycles. The van der Waals surface area contributed by atoms with Crippen LogP contribution in [0.4, 0.5) is 0 Å². The SMILES string of the molecule is COCCOCC(NN)C1CCCC1. The lowest BCUT2D eigenvalue weighted by Gasteiger charge is -2.22. The second kappa shape index (κ2) is 7.17. The number of methoxy groups -OCH3 is 1. The molecule has 1 fully saturated rings. The van der Waals surface area contributed by atoms with Crippen molar-refractivity contribution in [3.8, 4) is 0 Å². The van der Waals surface area contributed by atoms with Gasteiger partial charge in [0.2, 0.25) is 0 Å². The van der Waals surface area contributed by atoms with E-state index in [-0.39, 0.29) is 0 Å². The molecule has 0 spiro atoms. The molecule has 1 atom stereocenters. The number of rotatable bonds is 7. The van der Waals surface area contributed by atoms with Gasteiger partial charge >= 0.3 is 0 Å². The highest BCUT2D eigenvalue weighted by molar-refractivity contribution is 4.78. The van der Waals surface area contributed by atoms with E-state index in [1.54, 1.807) is 7.11 Å². The van der Waals surface area contributed by atoms with Gasteiger partial charge < -0.3 is 9.47 Å². The summed E-state index contributed by atoms with van der Waals surface area (Å²) < 4.78 is 10.4. The minimum Gasteiger partial charge on any atom is -0.382 e. The molecule has 0 radical (unpaired) electrons. The van der Waals surface area contributed by atoms with Crippen LogP contribution < -0.4 is 11.3 Å². The van der Waals surface area contributed by atoms with E-state index < -0.39 is 0 Å². The minimum atomic E-state index is 0.314. The summed E-state index contributed by atoms with van der Waals surface area (Å²) in [5, 5.41) is 0. The van der Waals surface area contributed by atoms with E-state index in [9.17, 15) is 0 Å². The third kappa shape index (κ3) is 3.92. The summed E-state index contributed by atoms with van der Waals surface area (Å²) in [6, 6.07) is 0.314. The molecule has 1 aliphatic rings. The molecular formula is C10H22N2O2. The summed E-state index contributed by atoms with van der Waals surface area (Å²) in [6.07, 6.45) is 5.23. The fraction of sp³-hybridized carbons (Fsp3) is 1.00. The van der Waals surface area contributed by atoms with Crippen LogP contribution in [0.2, 0.25) is 0 Å². The van der Waals surface area contributed by atoms with Crippen LogP contribution in [0.25, 0.3) is 0 Å². The van der Waals surface area contributed by atoms with Crippen molar-refractivity contribution in [1.82, 2.24) is 5.43 Å². The Balaban J connectivity index is 2.11. The molecule has 0 aliphatic heterocycles. The fourth-order valence-corrected chi connectivity index (χ4v) is 2.03. The summed E-state index contributed by atoms with van der Waals surface area (Å²) in [5.41, 5.74) is 2.86. The van der Waals surface area contributed by atoms with E-state index in [1.165, 1.54) is 25.7 Å². The molecule has 0 bridgehead atoms. The van der Waals surface area contributed by atoms with Crippen LogP contribution in [0.5, 0.6) is 0 Å². The topological polar surface area (TPSA) is 56.5 Å². The lowest BCUT2D eigenvalue weighted by Crippen LogP contribution is -2.43. The first kappa shape index (κ1) is 11.9. The van der Waals surface area contributed by atoms with Crippen LogP contribution in [0.1, 0.15) is 25.7 Å². The van der Waals surface area contributed by atoms with Gasteiger partial charge in [0, 0.05) is 13.2 Å². The molecule has 14 heavy (non-hydrogen) atoms. The van der Waals surface area contributed by atoms with Gasteiger partial charge in [-0.3, -0.25) is 11.3 Å². The van der Waals surface area contributed by atoms with E-state index in [4.69, 9.17) is 15.3 Å². The second-order valence-electron chi connectivity index (χ2n) is 3.89. The number of nitrogens with two attached hydrogens (primary N) is 1. The lowest BCUT2D eigenvalue weighted by atomic mass is 10.00. The van der Waals surface area contributed by atoms with Crippen LogP contribution in [0.3, 0.4) is 0 Å². The molecular weight excluding hydrogens is 180 g/mol. The Labute approximate surface area is 86.1 Å². The summed E-state index contributed by atoms with van der Waals surface area (Å²) in [4.78, 5) is 0. The minimum absolute atomic E-state index is 0.314. The van der Waals surface area contributed by atoms with Crippen LogP contribution in [-0.4, -0.2) is 33.0 Å². The number of nitrogens with one attached hydrogen (secondary N) is 1. The molecule has 1 rings (SSSR count). The summed E-state index contributed by atoms with van der Waals surface area (Å²) in [6.45, 7) is 2.01. The Morgan fingerprint density at radius 3 is 2.64 bits per heavy atom. The zero-order valence-electron chi connectivity index (χ0n) is 9.00. The maximum Gasteiger partial charge on any atom is 0.0701 e. The fourth-order valence-electron chi connectivity index (χ4n) is 2.03.